The Hall–Kier alpha value is -1.56. The molecule has 1 N–H and O–H groups in total. The van der Waals surface area contributed by atoms with Crippen molar-refractivity contribution in [1.29, 1.82) is 0 Å². The topological polar surface area (TPSA) is 73.5 Å². The summed E-state index contributed by atoms with van der Waals surface area (Å²) < 4.78 is 4.83. The molecule has 21 heavy (non-hydrogen) atoms. The maximum Gasteiger partial charge on any atom is 0.336 e. The summed E-state index contributed by atoms with van der Waals surface area (Å²) in [5.74, 6) is -0.168. The van der Waals surface area contributed by atoms with Crippen LogP contribution in [0.2, 0.25) is 5.02 Å². The molecule has 5 nitrogen and oxygen atoms in total. The average molecular weight is 310 g/mol. The molecule has 2 heterocycles. The van der Waals surface area contributed by atoms with Gasteiger partial charge in [0.1, 0.15) is 12.3 Å². The number of aromatic hydroxyl groups is 1. The third-order valence-electron chi connectivity index (χ3n) is 4.09. The molecule has 2 aromatic rings. The number of hydroxylamine groups is 3. The van der Waals surface area contributed by atoms with Crippen LogP contribution in [0.4, 0.5) is 0 Å². The van der Waals surface area contributed by atoms with Crippen LogP contribution >= 0.6 is 11.6 Å². The van der Waals surface area contributed by atoms with Crippen molar-refractivity contribution in [2.45, 2.75) is 26.3 Å². The predicted octanol–water partition coefficient (Wildman–Crippen LogP) is 3.07. The van der Waals surface area contributed by atoms with Gasteiger partial charge in [-0.15, -0.1) is 0 Å². The van der Waals surface area contributed by atoms with Crippen molar-refractivity contribution in [3.63, 3.8) is 0 Å². The van der Waals surface area contributed by atoms with E-state index in [4.69, 9.17) is 16.0 Å². The van der Waals surface area contributed by atoms with E-state index < -0.39 is 10.3 Å². The standard InChI is InChI=1S/C15H16ClNO4/c1-9-6-13(18)21-15-10(9)7-12(16)14(19)11(15)8-17(20)4-2-3-5-17/h6-7,19H,2-5,8H2,1H3. The second-order valence-electron chi connectivity index (χ2n) is 5.68. The molecular formula is C15H16ClNO4. The zero-order valence-electron chi connectivity index (χ0n) is 11.7. The molecule has 0 spiro atoms. The maximum absolute atomic E-state index is 12.6. The van der Waals surface area contributed by atoms with E-state index in [1.54, 1.807) is 13.0 Å². The van der Waals surface area contributed by atoms with Gasteiger partial charge in [0, 0.05) is 24.3 Å². The summed E-state index contributed by atoms with van der Waals surface area (Å²) in [6.45, 7) is 2.84. The lowest BCUT2D eigenvalue weighted by atomic mass is 10.1. The van der Waals surface area contributed by atoms with Crippen molar-refractivity contribution >= 4 is 22.6 Å². The third-order valence-corrected chi connectivity index (χ3v) is 4.38. The number of likely N-dealkylation sites (tertiary alicyclic amines) is 1. The summed E-state index contributed by atoms with van der Waals surface area (Å²) in [7, 11) is 0. The molecule has 0 saturated carbocycles. The molecule has 112 valence electrons. The number of quaternary nitrogens is 1. The van der Waals surface area contributed by atoms with E-state index in [9.17, 15) is 15.1 Å². The predicted molar refractivity (Wildman–Crippen MR) is 80.2 cm³/mol. The van der Waals surface area contributed by atoms with Crippen LogP contribution < -0.4 is 5.63 Å². The zero-order valence-corrected chi connectivity index (χ0v) is 12.4. The first-order chi connectivity index (χ1) is 9.89. The summed E-state index contributed by atoms with van der Waals surface area (Å²) in [5, 5.41) is 23.6. The number of benzene rings is 1. The minimum absolute atomic E-state index is 0.0648. The number of rotatable bonds is 2. The van der Waals surface area contributed by atoms with E-state index in [2.05, 4.69) is 0 Å². The zero-order chi connectivity index (χ0) is 15.2. The number of halogens is 1. The van der Waals surface area contributed by atoms with Gasteiger partial charge in [-0.25, -0.2) is 4.79 Å². The lowest BCUT2D eigenvalue weighted by Gasteiger charge is -2.38. The van der Waals surface area contributed by atoms with Crippen molar-refractivity contribution in [1.82, 2.24) is 0 Å². The van der Waals surface area contributed by atoms with Gasteiger partial charge in [0.15, 0.2) is 5.58 Å². The van der Waals surface area contributed by atoms with Crippen LogP contribution in [0, 0.1) is 12.1 Å². The van der Waals surface area contributed by atoms with Gasteiger partial charge in [0.2, 0.25) is 0 Å². The van der Waals surface area contributed by atoms with Crippen molar-refractivity contribution in [3.05, 3.63) is 43.9 Å². The third kappa shape index (κ3) is 2.52. The first-order valence-corrected chi connectivity index (χ1v) is 7.29. The van der Waals surface area contributed by atoms with Gasteiger partial charge in [-0.05, 0) is 18.6 Å². The van der Waals surface area contributed by atoms with E-state index in [1.807, 2.05) is 0 Å². The fourth-order valence-electron chi connectivity index (χ4n) is 2.97. The fraction of sp³-hybridized carbons (Fsp3) is 0.400. The Balaban J connectivity index is 2.24. The van der Waals surface area contributed by atoms with Gasteiger partial charge >= 0.3 is 5.63 Å². The first-order valence-electron chi connectivity index (χ1n) is 6.91. The molecule has 1 aliphatic heterocycles. The number of fused-ring (bicyclic) bond motifs is 1. The van der Waals surface area contributed by atoms with Gasteiger partial charge in [-0.2, -0.15) is 0 Å². The summed E-state index contributed by atoms with van der Waals surface area (Å²) in [6.07, 6.45) is 1.73. The fourth-order valence-corrected chi connectivity index (χ4v) is 3.20. The number of nitrogens with zero attached hydrogens (tertiary/aromatic N) is 1. The van der Waals surface area contributed by atoms with Gasteiger partial charge in [0.25, 0.3) is 0 Å². The molecule has 1 aromatic carbocycles. The highest BCUT2D eigenvalue weighted by Crippen LogP contribution is 2.37. The van der Waals surface area contributed by atoms with Gasteiger partial charge < -0.3 is 19.4 Å². The maximum atomic E-state index is 12.6. The minimum atomic E-state index is -0.498. The molecule has 0 amide bonds. The van der Waals surface area contributed by atoms with Gasteiger partial charge in [-0.3, -0.25) is 0 Å². The van der Waals surface area contributed by atoms with Crippen molar-refractivity contribution in [3.8, 4) is 5.75 Å². The van der Waals surface area contributed by atoms with Gasteiger partial charge in [-0.1, -0.05) is 11.6 Å². The second-order valence-corrected chi connectivity index (χ2v) is 6.09. The molecule has 0 radical (unpaired) electrons. The molecule has 1 aromatic heterocycles. The highest BCUT2D eigenvalue weighted by Gasteiger charge is 2.27. The number of hydrogen-bond acceptors (Lipinski definition) is 4. The van der Waals surface area contributed by atoms with E-state index in [0.29, 0.717) is 29.6 Å². The highest BCUT2D eigenvalue weighted by molar-refractivity contribution is 6.33. The van der Waals surface area contributed by atoms with Crippen molar-refractivity contribution in [2.75, 3.05) is 13.1 Å². The molecular weight excluding hydrogens is 294 g/mol. The summed E-state index contributed by atoms with van der Waals surface area (Å²) in [6, 6.07) is 2.93. The molecule has 0 aliphatic carbocycles. The highest BCUT2D eigenvalue weighted by atomic mass is 35.5. The lowest BCUT2D eigenvalue weighted by molar-refractivity contribution is -0.881. The molecule has 1 saturated heterocycles. The van der Waals surface area contributed by atoms with Crippen LogP contribution in [0.5, 0.6) is 5.75 Å². The number of hydrogen-bond donors (Lipinski definition) is 1. The molecule has 0 atom stereocenters. The molecule has 6 heteroatoms. The summed E-state index contributed by atoms with van der Waals surface area (Å²) in [4.78, 5) is 11.6. The van der Waals surface area contributed by atoms with Crippen LogP contribution in [0.15, 0.2) is 21.3 Å². The Morgan fingerprint density at radius 1 is 1.38 bits per heavy atom. The normalized spacial score (nSPS) is 17.5. The van der Waals surface area contributed by atoms with Crippen molar-refractivity contribution < 1.29 is 14.2 Å². The minimum Gasteiger partial charge on any atom is -0.633 e. The number of phenolic OH excluding ortho intramolecular Hbond substituents is 1. The largest absolute Gasteiger partial charge is 0.633 e. The van der Waals surface area contributed by atoms with Crippen molar-refractivity contribution in [2.24, 2.45) is 0 Å². The number of phenols is 1. The molecule has 1 fully saturated rings. The Kier molecular flexibility index (Phi) is 3.43. The van der Waals surface area contributed by atoms with Crippen LogP contribution in [0.3, 0.4) is 0 Å². The molecule has 0 bridgehead atoms. The van der Waals surface area contributed by atoms with E-state index in [1.165, 1.54) is 6.07 Å². The Morgan fingerprint density at radius 2 is 2.05 bits per heavy atom. The monoisotopic (exact) mass is 309 g/mol. The number of aryl methyl sites for hydroxylation is 1. The lowest BCUT2D eigenvalue weighted by Crippen LogP contribution is -2.37. The van der Waals surface area contributed by atoms with Gasteiger partial charge in [0.05, 0.1) is 23.7 Å². The second kappa shape index (κ2) is 5.02. The first kappa shape index (κ1) is 14.4. The smallest absolute Gasteiger partial charge is 0.336 e. The SMILES string of the molecule is Cc1cc(=O)oc2c(C[N+]3([O-])CCCC3)c(O)c(Cl)cc12. The Morgan fingerprint density at radius 3 is 2.71 bits per heavy atom. The van der Waals surface area contributed by atoms with Crippen LogP contribution in [0.1, 0.15) is 24.0 Å². The van der Waals surface area contributed by atoms with Crippen LogP contribution in [0.25, 0.3) is 11.0 Å². The molecule has 1 aliphatic rings. The summed E-state index contributed by atoms with van der Waals surface area (Å²) in [5.41, 5.74) is 0.808. The molecule has 0 unspecified atom stereocenters. The van der Waals surface area contributed by atoms with Crippen LogP contribution in [-0.4, -0.2) is 22.8 Å². The Bertz CT molecular complexity index is 762. The molecule has 3 rings (SSSR count). The van der Waals surface area contributed by atoms with E-state index in [0.717, 1.165) is 12.8 Å². The average Bonchev–Trinajstić information content (AvgIpc) is 2.83. The Labute approximate surface area is 126 Å². The summed E-state index contributed by atoms with van der Waals surface area (Å²) >= 11 is 6.06. The van der Waals surface area contributed by atoms with E-state index >= 15 is 0 Å². The quantitative estimate of drug-likeness (QED) is 0.525. The van der Waals surface area contributed by atoms with E-state index in [-0.39, 0.29) is 22.9 Å². The van der Waals surface area contributed by atoms with Crippen LogP contribution in [-0.2, 0) is 6.54 Å².